The summed E-state index contributed by atoms with van der Waals surface area (Å²) in [5.41, 5.74) is 0.950. The lowest BCUT2D eigenvalue weighted by Crippen LogP contribution is -2.02. The van der Waals surface area contributed by atoms with Crippen molar-refractivity contribution in [3.05, 3.63) is 48.1 Å². The van der Waals surface area contributed by atoms with E-state index in [0.29, 0.717) is 28.2 Å². The predicted octanol–water partition coefficient (Wildman–Crippen LogP) is 3.76. The maximum atomic E-state index is 11.1. The van der Waals surface area contributed by atoms with Gasteiger partial charge in [0.15, 0.2) is 5.82 Å². The van der Waals surface area contributed by atoms with Gasteiger partial charge in [-0.3, -0.25) is 14.8 Å². The van der Waals surface area contributed by atoms with Crippen molar-refractivity contribution >= 4 is 50.9 Å². The molecule has 0 bridgehead atoms. The second-order valence-electron chi connectivity index (χ2n) is 5.30. The number of hydrogen-bond donors (Lipinski definition) is 0. The predicted molar refractivity (Wildman–Crippen MR) is 104 cm³/mol. The minimum atomic E-state index is -0.408. The van der Waals surface area contributed by atoms with Gasteiger partial charge < -0.3 is 0 Å². The Morgan fingerprint density at radius 1 is 1.42 bits per heavy atom. The van der Waals surface area contributed by atoms with Crippen molar-refractivity contribution in [2.45, 2.75) is 31.8 Å². The normalized spacial score (nSPS) is 11.5. The van der Waals surface area contributed by atoms with Crippen molar-refractivity contribution in [2.24, 2.45) is 5.10 Å². The van der Waals surface area contributed by atoms with E-state index in [1.807, 2.05) is 18.4 Å². The van der Waals surface area contributed by atoms with Gasteiger partial charge in [0.25, 0.3) is 0 Å². The number of halogens is 1. The smallest absolute Gasteiger partial charge is 0.258 e. The minimum Gasteiger partial charge on any atom is -0.258 e. The zero-order chi connectivity index (χ0) is 18.8. The fourth-order valence-electron chi connectivity index (χ4n) is 2.27. The Balaban J connectivity index is 1.78. The number of nitro groups is 1. The van der Waals surface area contributed by atoms with Crippen LogP contribution < -0.4 is 0 Å². The summed E-state index contributed by atoms with van der Waals surface area (Å²) >= 11 is 6.33. The molecule has 0 radical (unpaired) electrons. The van der Waals surface area contributed by atoms with Crippen LogP contribution in [-0.2, 0) is 5.88 Å². The highest BCUT2D eigenvalue weighted by molar-refractivity contribution is 9.10. The number of nitrogens with zero attached hydrogens (tertiary/aromatic N) is 7. The third kappa shape index (κ3) is 3.86. The monoisotopic (exact) mass is 455 g/mol. The molecule has 3 heterocycles. The Bertz CT molecular complexity index is 992. The summed E-state index contributed by atoms with van der Waals surface area (Å²) in [6.45, 7) is 5.12. The minimum absolute atomic E-state index is 0.0459. The van der Waals surface area contributed by atoms with E-state index in [9.17, 15) is 10.1 Å². The molecule has 9 nitrogen and oxygen atoms in total. The molecule has 0 unspecified atom stereocenters. The van der Waals surface area contributed by atoms with E-state index < -0.39 is 4.92 Å². The van der Waals surface area contributed by atoms with Crippen molar-refractivity contribution in [1.29, 1.82) is 0 Å². The van der Waals surface area contributed by atoms with Gasteiger partial charge in [0.1, 0.15) is 11.4 Å². The van der Waals surface area contributed by atoms with Crippen LogP contribution in [0.25, 0.3) is 0 Å². The van der Waals surface area contributed by atoms with E-state index in [-0.39, 0.29) is 5.69 Å². The topological polar surface area (TPSA) is 104 Å². The molecule has 0 N–H and O–H groups in total. The molecule has 136 valence electrons. The van der Waals surface area contributed by atoms with Crippen LogP contribution >= 0.6 is 39.0 Å². The lowest BCUT2D eigenvalue weighted by molar-refractivity contribution is -0.386. The largest absolute Gasteiger partial charge is 0.312 e. The fraction of sp³-hybridized carbons (Fsp3) is 0.286. The van der Waals surface area contributed by atoms with Crippen molar-refractivity contribution in [2.75, 3.05) is 0 Å². The van der Waals surface area contributed by atoms with Gasteiger partial charge in [-0.25, -0.2) is 0 Å². The molecule has 3 aromatic rings. The zero-order valence-corrected chi connectivity index (χ0v) is 17.3. The SMILES string of the molecule is Cc1nn(CSc2nnc(C)n2N=Cc2cc(Br)cs2)c(C)c1[N+](=O)[O-]. The standard InChI is InChI=1S/C14H14BrN7O2S2/c1-8-13(22(23)24)9(2)20(19-8)7-26-14-18-17-10(3)21(14)16-5-12-4-11(15)6-25-12/h4-6H,7H2,1-3H3. The maximum Gasteiger partial charge on any atom is 0.312 e. The van der Waals surface area contributed by atoms with Crippen LogP contribution in [0.3, 0.4) is 0 Å². The van der Waals surface area contributed by atoms with Crippen molar-refractivity contribution in [1.82, 2.24) is 24.7 Å². The Labute approximate surface area is 165 Å². The molecule has 0 saturated heterocycles. The third-order valence-corrected chi connectivity index (χ3v) is 6.01. The lowest BCUT2D eigenvalue weighted by atomic mass is 10.3. The van der Waals surface area contributed by atoms with Gasteiger partial charge in [-0.1, -0.05) is 11.8 Å². The van der Waals surface area contributed by atoms with Crippen molar-refractivity contribution in [3.8, 4) is 0 Å². The molecule has 26 heavy (non-hydrogen) atoms. The van der Waals surface area contributed by atoms with E-state index in [0.717, 1.165) is 9.35 Å². The summed E-state index contributed by atoms with van der Waals surface area (Å²) in [5, 5.41) is 30.5. The van der Waals surface area contributed by atoms with Crippen LogP contribution in [0.1, 0.15) is 22.1 Å². The van der Waals surface area contributed by atoms with Crippen molar-refractivity contribution in [3.63, 3.8) is 0 Å². The van der Waals surface area contributed by atoms with Gasteiger partial charge in [-0.2, -0.15) is 14.9 Å². The molecule has 0 saturated carbocycles. The molecule has 0 aliphatic carbocycles. The first-order valence-electron chi connectivity index (χ1n) is 7.38. The molecule has 0 aliphatic heterocycles. The van der Waals surface area contributed by atoms with E-state index in [1.165, 1.54) is 11.8 Å². The van der Waals surface area contributed by atoms with Gasteiger partial charge in [0.2, 0.25) is 5.16 Å². The number of thiophene rings is 1. The van der Waals surface area contributed by atoms with Gasteiger partial charge in [0, 0.05) is 14.7 Å². The van der Waals surface area contributed by atoms with Crippen LogP contribution in [0.4, 0.5) is 5.69 Å². The Morgan fingerprint density at radius 3 is 2.81 bits per heavy atom. The maximum absolute atomic E-state index is 11.1. The van der Waals surface area contributed by atoms with Gasteiger partial charge in [0.05, 0.1) is 17.0 Å². The summed E-state index contributed by atoms with van der Waals surface area (Å²) in [5.74, 6) is 1.03. The van der Waals surface area contributed by atoms with Gasteiger partial charge in [-0.05, 0) is 42.8 Å². The molecule has 0 aromatic carbocycles. The quantitative estimate of drug-likeness (QED) is 0.242. The highest BCUT2D eigenvalue weighted by Crippen LogP contribution is 2.26. The highest BCUT2D eigenvalue weighted by atomic mass is 79.9. The molecule has 3 aromatic heterocycles. The van der Waals surface area contributed by atoms with Gasteiger partial charge >= 0.3 is 5.69 Å². The number of aryl methyl sites for hydroxylation is 2. The van der Waals surface area contributed by atoms with Crippen LogP contribution in [0.5, 0.6) is 0 Å². The van der Waals surface area contributed by atoms with Crippen LogP contribution in [0, 0.1) is 30.9 Å². The summed E-state index contributed by atoms with van der Waals surface area (Å²) in [4.78, 5) is 11.7. The second kappa shape index (κ2) is 7.68. The van der Waals surface area contributed by atoms with E-state index in [1.54, 1.807) is 40.8 Å². The highest BCUT2D eigenvalue weighted by Gasteiger charge is 2.22. The van der Waals surface area contributed by atoms with Gasteiger partial charge in [-0.15, -0.1) is 21.5 Å². The summed E-state index contributed by atoms with van der Waals surface area (Å²) in [6.07, 6.45) is 1.74. The average Bonchev–Trinajstić information content (AvgIpc) is 3.22. The molecular weight excluding hydrogens is 442 g/mol. The Kier molecular flexibility index (Phi) is 5.53. The van der Waals surface area contributed by atoms with Crippen LogP contribution in [0.15, 0.2) is 26.2 Å². The van der Waals surface area contributed by atoms with E-state index >= 15 is 0 Å². The van der Waals surface area contributed by atoms with E-state index in [4.69, 9.17) is 0 Å². The van der Waals surface area contributed by atoms with Crippen LogP contribution in [-0.4, -0.2) is 35.8 Å². The molecule has 3 rings (SSSR count). The molecule has 0 amide bonds. The average molecular weight is 456 g/mol. The molecule has 0 fully saturated rings. The molecule has 0 spiro atoms. The number of aromatic nitrogens is 5. The van der Waals surface area contributed by atoms with Crippen LogP contribution in [0.2, 0.25) is 0 Å². The first kappa shape index (κ1) is 18.7. The Morgan fingerprint density at radius 2 is 2.19 bits per heavy atom. The summed E-state index contributed by atoms with van der Waals surface area (Å²) in [7, 11) is 0. The number of hydrogen-bond acceptors (Lipinski definition) is 8. The molecule has 12 heteroatoms. The van der Waals surface area contributed by atoms with Crippen molar-refractivity contribution < 1.29 is 4.92 Å². The summed E-state index contributed by atoms with van der Waals surface area (Å²) < 4.78 is 4.23. The second-order valence-corrected chi connectivity index (χ2v) is 8.07. The first-order valence-corrected chi connectivity index (χ1v) is 10.0. The number of rotatable bonds is 6. The third-order valence-electron chi connectivity index (χ3n) is 3.50. The molecule has 0 atom stereocenters. The lowest BCUT2D eigenvalue weighted by Gasteiger charge is -2.03. The zero-order valence-electron chi connectivity index (χ0n) is 14.1. The molecular formula is C14H14BrN7O2S2. The Hall–Kier alpha value is -2.05. The number of thioether (sulfide) groups is 1. The van der Waals surface area contributed by atoms with E-state index in [2.05, 4.69) is 36.3 Å². The fourth-order valence-corrected chi connectivity index (χ4v) is 4.46. The first-order chi connectivity index (χ1) is 12.4. The summed E-state index contributed by atoms with van der Waals surface area (Å²) in [6, 6.07) is 1.97. The molecule has 0 aliphatic rings.